The number of halogens is 2. The molecule has 150 valence electrons. The van der Waals surface area contributed by atoms with Gasteiger partial charge < -0.3 is 9.80 Å². The van der Waals surface area contributed by atoms with E-state index in [4.69, 9.17) is 0 Å². The fourth-order valence-electron chi connectivity index (χ4n) is 4.54. The number of benzene rings is 1. The van der Waals surface area contributed by atoms with Gasteiger partial charge in [-0.1, -0.05) is 6.07 Å². The maximum Gasteiger partial charge on any atom is 0.225 e. The molecule has 1 unspecified atom stereocenters. The summed E-state index contributed by atoms with van der Waals surface area (Å²) < 4.78 is 27.7. The van der Waals surface area contributed by atoms with Crippen molar-refractivity contribution >= 4 is 5.91 Å². The third-order valence-corrected chi connectivity index (χ3v) is 6.30. The van der Waals surface area contributed by atoms with Crippen LogP contribution in [0.3, 0.4) is 0 Å². The molecule has 2 fully saturated rings. The second-order valence-electron chi connectivity index (χ2n) is 8.44. The largest absolute Gasteiger partial charge is 0.342 e. The number of hydrogen-bond donors (Lipinski definition) is 0. The molecule has 2 heterocycles. The molecular formula is C22H32F2N2O. The van der Waals surface area contributed by atoms with E-state index in [9.17, 15) is 13.6 Å². The van der Waals surface area contributed by atoms with Crippen molar-refractivity contribution in [1.29, 1.82) is 0 Å². The SMILES string of the molecule is CC(C)N1CCC(C(=O)N2CCCC(CCc3c(F)cccc3F)C2)CC1. The van der Waals surface area contributed by atoms with E-state index in [1.807, 2.05) is 4.90 Å². The fourth-order valence-corrected chi connectivity index (χ4v) is 4.54. The number of carbonyl (C=O) groups is 1. The standard InChI is InChI=1S/C22H32F2N2O/c1-16(2)25-13-10-18(11-14-25)22(27)26-12-4-5-17(15-26)8-9-19-20(23)6-3-7-21(19)24/h3,6-7,16-18H,4-5,8-15H2,1-2H3. The predicted molar refractivity (Wildman–Crippen MR) is 103 cm³/mol. The van der Waals surface area contributed by atoms with Crippen LogP contribution in [0.15, 0.2) is 18.2 Å². The summed E-state index contributed by atoms with van der Waals surface area (Å²) in [5, 5.41) is 0. The normalized spacial score (nSPS) is 22.4. The molecule has 0 radical (unpaired) electrons. The lowest BCUT2D eigenvalue weighted by Gasteiger charge is -2.39. The summed E-state index contributed by atoms with van der Waals surface area (Å²) in [6, 6.07) is 4.58. The van der Waals surface area contributed by atoms with E-state index >= 15 is 0 Å². The second-order valence-corrected chi connectivity index (χ2v) is 8.44. The molecule has 0 N–H and O–H groups in total. The fraction of sp³-hybridized carbons (Fsp3) is 0.682. The number of nitrogens with zero attached hydrogens (tertiary/aromatic N) is 2. The summed E-state index contributed by atoms with van der Waals surface area (Å²) in [5.41, 5.74) is 0.182. The minimum Gasteiger partial charge on any atom is -0.342 e. The Kier molecular flexibility index (Phi) is 6.85. The van der Waals surface area contributed by atoms with Gasteiger partial charge in [-0.05, 0) is 83.5 Å². The Hall–Kier alpha value is -1.49. The highest BCUT2D eigenvalue weighted by Crippen LogP contribution is 2.27. The van der Waals surface area contributed by atoms with Crippen LogP contribution < -0.4 is 0 Å². The number of amides is 1. The molecule has 1 amide bonds. The number of rotatable bonds is 5. The first kappa shape index (κ1) is 20.2. The quantitative estimate of drug-likeness (QED) is 0.764. The smallest absolute Gasteiger partial charge is 0.225 e. The van der Waals surface area contributed by atoms with Gasteiger partial charge in [-0.15, -0.1) is 0 Å². The average Bonchev–Trinajstić information content (AvgIpc) is 2.67. The molecule has 2 saturated heterocycles. The number of likely N-dealkylation sites (tertiary alicyclic amines) is 2. The van der Waals surface area contributed by atoms with Crippen molar-refractivity contribution in [2.24, 2.45) is 11.8 Å². The van der Waals surface area contributed by atoms with Gasteiger partial charge in [0, 0.05) is 30.6 Å². The van der Waals surface area contributed by atoms with Crippen molar-refractivity contribution in [3.8, 4) is 0 Å². The van der Waals surface area contributed by atoms with Gasteiger partial charge in [0.1, 0.15) is 11.6 Å². The van der Waals surface area contributed by atoms with Gasteiger partial charge in [-0.2, -0.15) is 0 Å². The number of piperidine rings is 2. The zero-order chi connectivity index (χ0) is 19.4. The first-order valence-corrected chi connectivity index (χ1v) is 10.4. The van der Waals surface area contributed by atoms with Crippen molar-refractivity contribution in [2.75, 3.05) is 26.2 Å². The minimum atomic E-state index is -0.462. The Labute approximate surface area is 161 Å². The first-order valence-electron chi connectivity index (χ1n) is 10.4. The highest BCUT2D eigenvalue weighted by Gasteiger charge is 2.31. The summed E-state index contributed by atoms with van der Waals surface area (Å²) in [4.78, 5) is 17.4. The second kappa shape index (κ2) is 9.13. The highest BCUT2D eigenvalue weighted by atomic mass is 19.1. The van der Waals surface area contributed by atoms with Crippen LogP contribution in [0.2, 0.25) is 0 Å². The van der Waals surface area contributed by atoms with Crippen LogP contribution in [0.5, 0.6) is 0 Å². The Morgan fingerprint density at radius 1 is 1.11 bits per heavy atom. The number of hydrogen-bond acceptors (Lipinski definition) is 2. The van der Waals surface area contributed by atoms with Crippen molar-refractivity contribution in [1.82, 2.24) is 9.80 Å². The maximum absolute atomic E-state index is 13.8. The average molecular weight is 379 g/mol. The number of carbonyl (C=O) groups excluding carboxylic acids is 1. The Balaban J connectivity index is 1.51. The van der Waals surface area contributed by atoms with E-state index < -0.39 is 11.6 Å². The van der Waals surface area contributed by atoms with Gasteiger partial charge in [0.05, 0.1) is 0 Å². The van der Waals surface area contributed by atoms with E-state index in [2.05, 4.69) is 18.7 Å². The molecule has 2 aliphatic rings. The van der Waals surface area contributed by atoms with Gasteiger partial charge in [-0.25, -0.2) is 8.78 Å². The van der Waals surface area contributed by atoms with Gasteiger partial charge >= 0.3 is 0 Å². The molecule has 3 nitrogen and oxygen atoms in total. The molecule has 1 aromatic rings. The topological polar surface area (TPSA) is 23.6 Å². The summed E-state index contributed by atoms with van der Waals surface area (Å²) in [5.74, 6) is -0.160. The maximum atomic E-state index is 13.8. The molecule has 3 rings (SSSR count). The molecule has 2 aliphatic heterocycles. The molecule has 0 aliphatic carbocycles. The molecule has 0 aromatic heterocycles. The van der Waals surface area contributed by atoms with E-state index in [0.717, 1.165) is 58.3 Å². The van der Waals surface area contributed by atoms with E-state index in [1.165, 1.54) is 18.2 Å². The van der Waals surface area contributed by atoms with Gasteiger partial charge in [0.15, 0.2) is 0 Å². The monoisotopic (exact) mass is 378 g/mol. The predicted octanol–water partition coefficient (Wildman–Crippen LogP) is 4.26. The highest BCUT2D eigenvalue weighted by molar-refractivity contribution is 5.79. The van der Waals surface area contributed by atoms with E-state index in [0.29, 0.717) is 24.3 Å². The zero-order valence-corrected chi connectivity index (χ0v) is 16.6. The first-order chi connectivity index (χ1) is 13.0. The van der Waals surface area contributed by atoms with Crippen molar-refractivity contribution in [2.45, 2.75) is 58.4 Å². The molecule has 0 saturated carbocycles. The minimum absolute atomic E-state index is 0.141. The van der Waals surface area contributed by atoms with Crippen molar-refractivity contribution in [3.63, 3.8) is 0 Å². The van der Waals surface area contributed by atoms with Crippen LogP contribution in [-0.4, -0.2) is 47.9 Å². The molecular weight excluding hydrogens is 346 g/mol. The van der Waals surface area contributed by atoms with Gasteiger partial charge in [0.25, 0.3) is 0 Å². The summed E-state index contributed by atoms with van der Waals surface area (Å²) in [6.07, 6.45) is 5.04. The van der Waals surface area contributed by atoms with Gasteiger partial charge in [0.2, 0.25) is 5.91 Å². The Bertz CT molecular complexity index is 621. The lowest BCUT2D eigenvalue weighted by atomic mass is 9.89. The molecule has 1 aromatic carbocycles. The summed E-state index contributed by atoms with van der Waals surface area (Å²) in [6.45, 7) is 7.97. The van der Waals surface area contributed by atoms with Crippen molar-refractivity contribution < 1.29 is 13.6 Å². The lowest BCUT2D eigenvalue weighted by molar-refractivity contribution is -0.139. The summed E-state index contributed by atoms with van der Waals surface area (Å²) >= 11 is 0. The van der Waals surface area contributed by atoms with Crippen LogP contribution in [0.4, 0.5) is 8.78 Å². The summed E-state index contributed by atoms with van der Waals surface area (Å²) in [7, 11) is 0. The van der Waals surface area contributed by atoms with Crippen LogP contribution in [0.1, 0.15) is 51.5 Å². The molecule has 0 bridgehead atoms. The van der Waals surface area contributed by atoms with E-state index in [1.54, 1.807) is 0 Å². The van der Waals surface area contributed by atoms with Crippen LogP contribution in [-0.2, 0) is 11.2 Å². The van der Waals surface area contributed by atoms with Crippen LogP contribution >= 0.6 is 0 Å². The lowest BCUT2D eigenvalue weighted by Crippen LogP contribution is -2.47. The Morgan fingerprint density at radius 2 is 1.78 bits per heavy atom. The molecule has 0 spiro atoms. The third-order valence-electron chi connectivity index (χ3n) is 6.30. The zero-order valence-electron chi connectivity index (χ0n) is 16.6. The van der Waals surface area contributed by atoms with Crippen LogP contribution in [0.25, 0.3) is 0 Å². The third kappa shape index (κ3) is 5.07. The molecule has 5 heteroatoms. The molecule has 27 heavy (non-hydrogen) atoms. The van der Waals surface area contributed by atoms with E-state index in [-0.39, 0.29) is 11.5 Å². The molecule has 1 atom stereocenters. The Morgan fingerprint density at radius 3 is 2.41 bits per heavy atom. The van der Waals surface area contributed by atoms with Crippen molar-refractivity contribution in [3.05, 3.63) is 35.4 Å². The van der Waals surface area contributed by atoms with Crippen LogP contribution in [0, 0.1) is 23.5 Å². The van der Waals surface area contributed by atoms with Gasteiger partial charge in [-0.3, -0.25) is 4.79 Å².